The van der Waals surface area contributed by atoms with Gasteiger partial charge >= 0.3 is 6.18 Å². The third-order valence-corrected chi connectivity index (χ3v) is 6.66. The van der Waals surface area contributed by atoms with Gasteiger partial charge in [0.2, 0.25) is 0 Å². The highest BCUT2D eigenvalue weighted by atomic mass is 19.4. The van der Waals surface area contributed by atoms with Crippen molar-refractivity contribution >= 4 is 22.6 Å². The van der Waals surface area contributed by atoms with E-state index in [1.807, 2.05) is 0 Å². The van der Waals surface area contributed by atoms with Gasteiger partial charge in [0, 0.05) is 28.6 Å². The lowest BCUT2D eigenvalue weighted by Gasteiger charge is -2.29. The Hall–Kier alpha value is -3.40. The molecule has 3 aromatic rings. The van der Waals surface area contributed by atoms with E-state index in [9.17, 15) is 18.0 Å². The zero-order valence-corrected chi connectivity index (χ0v) is 17.8. The van der Waals surface area contributed by atoms with Gasteiger partial charge in [-0.3, -0.25) is 4.79 Å². The number of ether oxygens (including phenoxy) is 2. The Morgan fingerprint density at radius 3 is 2.62 bits per heavy atom. The maximum atomic E-state index is 15.1. The zero-order chi connectivity index (χ0) is 23.8. The number of carbonyl (C=O) groups excluding carboxylic acids is 1. The topological polar surface area (TPSA) is 77.7 Å². The van der Waals surface area contributed by atoms with Crippen molar-refractivity contribution in [3.05, 3.63) is 64.0 Å². The number of nitrogens with two attached hydrogens (primary N) is 1. The smallest absolute Gasteiger partial charge is 0.416 e. The van der Waals surface area contributed by atoms with Crippen LogP contribution in [0, 0.1) is 5.82 Å². The number of aromatic nitrogens is 1. The van der Waals surface area contributed by atoms with Crippen LogP contribution in [0.2, 0.25) is 0 Å². The minimum atomic E-state index is -4.50. The Morgan fingerprint density at radius 2 is 1.88 bits per heavy atom. The Bertz CT molecular complexity index is 1350. The molecule has 6 nitrogen and oxygen atoms in total. The third kappa shape index (κ3) is 3.27. The summed E-state index contributed by atoms with van der Waals surface area (Å²) >= 11 is 0. The van der Waals surface area contributed by atoms with E-state index in [4.69, 9.17) is 15.2 Å². The fourth-order valence-corrected chi connectivity index (χ4v) is 4.81. The average molecular weight is 473 g/mol. The number of anilines is 1. The second kappa shape index (κ2) is 7.30. The van der Waals surface area contributed by atoms with Gasteiger partial charge in [-0.25, -0.2) is 9.37 Å². The van der Waals surface area contributed by atoms with Crippen LogP contribution in [0.5, 0.6) is 5.75 Å². The number of hydrogen-bond donors (Lipinski definition) is 1. The summed E-state index contributed by atoms with van der Waals surface area (Å²) in [5, 5.41) is 0.597. The van der Waals surface area contributed by atoms with Crippen molar-refractivity contribution in [3.8, 4) is 5.75 Å². The molecular weight excluding hydrogens is 454 g/mol. The van der Waals surface area contributed by atoms with Crippen molar-refractivity contribution in [1.82, 2.24) is 9.88 Å². The standard InChI is InChI=1S/C24H19F4N3O3/c25-18-7-19-14(16-8-33-9-17(16)22(29)30-19)6-15(18)23(32)31(12-2-3-12)20-10-34-21-5-11(24(26,27)28)1-4-13(20)21/h1,4-7,12,20H,2-3,8-10H2,(H2,29,30)/t20-/m0/s1. The Balaban J connectivity index is 1.41. The Morgan fingerprint density at radius 1 is 1.12 bits per heavy atom. The predicted octanol–water partition coefficient (Wildman–Crippen LogP) is 4.74. The van der Waals surface area contributed by atoms with Crippen molar-refractivity contribution in [2.75, 3.05) is 12.3 Å². The van der Waals surface area contributed by atoms with Crippen LogP contribution in [0.15, 0.2) is 30.3 Å². The number of rotatable bonds is 3. The molecule has 1 saturated carbocycles. The number of amides is 1. The molecule has 1 atom stereocenters. The number of fused-ring (bicyclic) bond motifs is 4. The van der Waals surface area contributed by atoms with Crippen molar-refractivity contribution in [2.24, 2.45) is 0 Å². The van der Waals surface area contributed by atoms with E-state index in [1.165, 1.54) is 18.2 Å². The number of benzene rings is 2. The maximum Gasteiger partial charge on any atom is 0.416 e. The van der Waals surface area contributed by atoms with Gasteiger partial charge in [0.25, 0.3) is 5.91 Å². The molecule has 0 bridgehead atoms. The van der Waals surface area contributed by atoms with Crippen LogP contribution in [0.25, 0.3) is 10.9 Å². The summed E-state index contributed by atoms with van der Waals surface area (Å²) in [4.78, 5) is 19.5. The summed E-state index contributed by atoms with van der Waals surface area (Å²) in [6, 6.07) is 5.19. The molecule has 2 aliphatic heterocycles. The number of nitrogens with zero attached hydrogens (tertiary/aromatic N) is 2. The first kappa shape index (κ1) is 21.2. The van der Waals surface area contributed by atoms with Crippen LogP contribution in [0.1, 0.15) is 51.5 Å². The van der Waals surface area contributed by atoms with Crippen LogP contribution in [-0.2, 0) is 24.1 Å². The van der Waals surface area contributed by atoms with Gasteiger partial charge in [-0.2, -0.15) is 13.2 Å². The highest BCUT2D eigenvalue weighted by Gasteiger charge is 2.43. The summed E-state index contributed by atoms with van der Waals surface area (Å²) in [5.74, 6) is -0.906. The van der Waals surface area contributed by atoms with Gasteiger partial charge < -0.3 is 20.1 Å². The van der Waals surface area contributed by atoms with Crippen LogP contribution in [0.3, 0.4) is 0 Å². The second-order valence-corrected chi connectivity index (χ2v) is 8.82. The lowest BCUT2D eigenvalue weighted by Crippen LogP contribution is -2.38. The Kier molecular flexibility index (Phi) is 4.54. The minimum Gasteiger partial charge on any atom is -0.491 e. The van der Waals surface area contributed by atoms with E-state index in [0.717, 1.165) is 36.1 Å². The molecule has 0 saturated heterocycles. The molecule has 0 spiro atoms. The third-order valence-electron chi connectivity index (χ3n) is 6.66. The minimum absolute atomic E-state index is 0.00934. The molecule has 2 N–H and O–H groups in total. The van der Waals surface area contributed by atoms with Crippen molar-refractivity contribution in [3.63, 3.8) is 0 Å². The van der Waals surface area contributed by atoms with Crippen LogP contribution in [0.4, 0.5) is 23.4 Å². The van der Waals surface area contributed by atoms with Gasteiger partial charge in [-0.05, 0) is 36.6 Å². The highest BCUT2D eigenvalue weighted by Crippen LogP contribution is 2.45. The molecule has 10 heteroatoms. The molecule has 0 radical (unpaired) electrons. The van der Waals surface area contributed by atoms with Crippen LogP contribution < -0.4 is 10.5 Å². The first-order valence-corrected chi connectivity index (χ1v) is 10.9. The van der Waals surface area contributed by atoms with Gasteiger partial charge in [0.05, 0.1) is 35.9 Å². The molecule has 34 heavy (non-hydrogen) atoms. The average Bonchev–Trinajstić information content (AvgIpc) is 3.32. The van der Waals surface area contributed by atoms with E-state index in [0.29, 0.717) is 23.1 Å². The summed E-state index contributed by atoms with van der Waals surface area (Å²) in [5.41, 5.74) is 7.36. The van der Waals surface area contributed by atoms with E-state index >= 15 is 4.39 Å². The fourth-order valence-electron chi connectivity index (χ4n) is 4.81. The molecule has 2 aromatic carbocycles. The molecule has 1 fully saturated rings. The molecule has 1 amide bonds. The number of carbonyl (C=O) groups is 1. The molecular formula is C24H19F4N3O3. The second-order valence-electron chi connectivity index (χ2n) is 8.82. The molecule has 0 unspecified atom stereocenters. The molecule has 3 heterocycles. The Labute approximate surface area is 191 Å². The lowest BCUT2D eigenvalue weighted by molar-refractivity contribution is -0.137. The molecule has 1 aromatic heterocycles. The number of nitrogen functional groups attached to an aromatic ring is 1. The van der Waals surface area contributed by atoms with Gasteiger partial charge in [0.15, 0.2) is 0 Å². The van der Waals surface area contributed by atoms with E-state index < -0.39 is 29.5 Å². The monoisotopic (exact) mass is 473 g/mol. The molecule has 6 rings (SSSR count). The summed E-state index contributed by atoms with van der Waals surface area (Å²) < 4.78 is 65.5. The van der Waals surface area contributed by atoms with Crippen LogP contribution >= 0.6 is 0 Å². The SMILES string of the molecule is Nc1nc2cc(F)c(C(=O)N(C3CC3)[C@H]3COc4cc(C(F)(F)F)ccc43)cc2c2c1COC2. The maximum absolute atomic E-state index is 15.1. The number of hydrogen-bond acceptors (Lipinski definition) is 5. The normalized spacial score (nSPS) is 19.1. The van der Waals surface area contributed by atoms with E-state index in [-0.39, 0.29) is 36.4 Å². The van der Waals surface area contributed by atoms with E-state index in [1.54, 1.807) is 4.90 Å². The summed E-state index contributed by atoms with van der Waals surface area (Å²) in [7, 11) is 0. The number of pyridine rings is 1. The largest absolute Gasteiger partial charge is 0.491 e. The van der Waals surface area contributed by atoms with Crippen molar-refractivity contribution in [1.29, 1.82) is 0 Å². The summed E-state index contributed by atoms with van der Waals surface area (Å²) in [6.07, 6.45) is -3.04. The van der Waals surface area contributed by atoms with E-state index in [2.05, 4.69) is 4.98 Å². The quantitative estimate of drug-likeness (QED) is 0.556. The molecule has 176 valence electrons. The van der Waals surface area contributed by atoms with Crippen LogP contribution in [-0.4, -0.2) is 28.4 Å². The first-order valence-electron chi connectivity index (χ1n) is 10.9. The fraction of sp³-hybridized carbons (Fsp3) is 0.333. The lowest BCUT2D eigenvalue weighted by atomic mass is 10.00. The first-order chi connectivity index (χ1) is 16.2. The van der Waals surface area contributed by atoms with Crippen molar-refractivity contribution in [2.45, 2.75) is 44.3 Å². The zero-order valence-electron chi connectivity index (χ0n) is 17.8. The molecule has 3 aliphatic rings. The number of halogens is 4. The van der Waals surface area contributed by atoms with Gasteiger partial charge in [0.1, 0.15) is 24.0 Å². The number of alkyl halides is 3. The predicted molar refractivity (Wildman–Crippen MR) is 113 cm³/mol. The summed E-state index contributed by atoms with van der Waals surface area (Å²) in [6.45, 7) is 0.597. The van der Waals surface area contributed by atoms with Gasteiger partial charge in [-0.1, -0.05) is 6.07 Å². The molecule has 1 aliphatic carbocycles. The van der Waals surface area contributed by atoms with Crippen molar-refractivity contribution < 1.29 is 31.8 Å². The van der Waals surface area contributed by atoms with Gasteiger partial charge in [-0.15, -0.1) is 0 Å². The highest BCUT2D eigenvalue weighted by molar-refractivity contribution is 6.00.